The van der Waals surface area contributed by atoms with Crippen LogP contribution in [-0.4, -0.2) is 16.4 Å². The van der Waals surface area contributed by atoms with E-state index in [4.69, 9.17) is 22.1 Å². The highest BCUT2D eigenvalue weighted by atomic mass is 35.5. The number of hydrogen-bond acceptors (Lipinski definition) is 3. The summed E-state index contributed by atoms with van der Waals surface area (Å²) in [7, 11) is 0. The fourth-order valence-electron chi connectivity index (χ4n) is 2.30. The van der Waals surface area contributed by atoms with Gasteiger partial charge < -0.3 is 10.5 Å². The van der Waals surface area contributed by atoms with Crippen LogP contribution in [0.25, 0.3) is 0 Å². The summed E-state index contributed by atoms with van der Waals surface area (Å²) in [5.41, 5.74) is 8.92. The zero-order valence-corrected chi connectivity index (χ0v) is 10.7. The molecule has 1 aromatic carbocycles. The van der Waals surface area contributed by atoms with E-state index in [0.717, 1.165) is 35.1 Å². The fourth-order valence-corrected chi connectivity index (χ4v) is 2.56. The van der Waals surface area contributed by atoms with E-state index < -0.39 is 0 Å². The summed E-state index contributed by atoms with van der Waals surface area (Å²) in [4.78, 5) is 0. The summed E-state index contributed by atoms with van der Waals surface area (Å²) < 4.78 is 7.56. The molecule has 0 fully saturated rings. The van der Waals surface area contributed by atoms with Crippen LogP contribution < -0.4 is 10.5 Å². The number of nitrogens with zero attached hydrogens (tertiary/aromatic N) is 2. The number of nitrogens with two attached hydrogens (primary N) is 1. The lowest BCUT2D eigenvalue weighted by atomic mass is 10.1. The Morgan fingerprint density at radius 2 is 2.33 bits per heavy atom. The smallest absolute Gasteiger partial charge is 0.127 e. The molecule has 0 bridgehead atoms. The van der Waals surface area contributed by atoms with E-state index in [1.165, 1.54) is 5.56 Å². The van der Waals surface area contributed by atoms with Crippen molar-refractivity contribution in [3.8, 4) is 5.75 Å². The lowest BCUT2D eigenvalue weighted by Gasteiger charge is -2.11. The van der Waals surface area contributed by atoms with Crippen molar-refractivity contribution in [1.29, 1.82) is 0 Å². The van der Waals surface area contributed by atoms with Crippen molar-refractivity contribution in [2.75, 3.05) is 6.61 Å². The molecule has 1 aliphatic heterocycles. The SMILES string of the molecule is NCc1ccnn1Cc1cc(Cl)cc2c1OCC2. The maximum Gasteiger partial charge on any atom is 0.127 e. The summed E-state index contributed by atoms with van der Waals surface area (Å²) in [6.45, 7) is 1.84. The predicted molar refractivity (Wildman–Crippen MR) is 69.9 cm³/mol. The van der Waals surface area contributed by atoms with Crippen molar-refractivity contribution in [3.05, 3.63) is 46.2 Å². The highest BCUT2D eigenvalue weighted by Crippen LogP contribution is 2.33. The molecule has 0 spiro atoms. The molecule has 0 saturated heterocycles. The Hall–Kier alpha value is -1.52. The fraction of sp³-hybridized carbons (Fsp3) is 0.308. The van der Waals surface area contributed by atoms with Crippen LogP contribution in [0.15, 0.2) is 24.4 Å². The monoisotopic (exact) mass is 263 g/mol. The van der Waals surface area contributed by atoms with Crippen LogP contribution in [-0.2, 0) is 19.5 Å². The van der Waals surface area contributed by atoms with Crippen LogP contribution in [0, 0.1) is 0 Å². The van der Waals surface area contributed by atoms with Gasteiger partial charge in [0.2, 0.25) is 0 Å². The first-order valence-electron chi connectivity index (χ1n) is 5.93. The standard InChI is InChI=1S/C13H14ClN3O/c14-11-5-9-2-4-18-13(9)10(6-11)8-17-12(7-15)1-3-16-17/h1,3,5-6H,2,4,7-8,15H2. The van der Waals surface area contributed by atoms with Gasteiger partial charge in [0, 0.05) is 29.7 Å². The van der Waals surface area contributed by atoms with Gasteiger partial charge in [-0.3, -0.25) is 4.68 Å². The summed E-state index contributed by atoms with van der Waals surface area (Å²) in [6, 6.07) is 5.83. The number of ether oxygens (including phenoxy) is 1. The number of hydrogen-bond donors (Lipinski definition) is 1. The van der Waals surface area contributed by atoms with Crippen molar-refractivity contribution in [2.24, 2.45) is 5.73 Å². The lowest BCUT2D eigenvalue weighted by molar-refractivity contribution is 0.352. The van der Waals surface area contributed by atoms with Crippen LogP contribution >= 0.6 is 11.6 Å². The Kier molecular flexibility index (Phi) is 2.97. The molecule has 5 heteroatoms. The average molecular weight is 264 g/mol. The highest BCUT2D eigenvalue weighted by Gasteiger charge is 2.18. The molecule has 4 nitrogen and oxygen atoms in total. The summed E-state index contributed by atoms with van der Waals surface area (Å²) in [5, 5.41) is 5.02. The molecule has 2 heterocycles. The molecule has 2 aromatic rings. The van der Waals surface area contributed by atoms with Crippen molar-refractivity contribution in [3.63, 3.8) is 0 Å². The summed E-state index contributed by atoms with van der Waals surface area (Å²) >= 11 is 6.13. The first-order valence-corrected chi connectivity index (χ1v) is 6.30. The largest absolute Gasteiger partial charge is 0.493 e. The quantitative estimate of drug-likeness (QED) is 0.921. The van der Waals surface area contributed by atoms with Gasteiger partial charge in [-0.25, -0.2) is 0 Å². The van der Waals surface area contributed by atoms with Gasteiger partial charge in [-0.15, -0.1) is 0 Å². The van der Waals surface area contributed by atoms with Gasteiger partial charge in [0.1, 0.15) is 5.75 Å². The molecule has 18 heavy (non-hydrogen) atoms. The first-order chi connectivity index (χ1) is 8.78. The number of benzene rings is 1. The second-order valence-electron chi connectivity index (χ2n) is 4.34. The van der Waals surface area contributed by atoms with Crippen molar-refractivity contribution in [1.82, 2.24) is 9.78 Å². The Morgan fingerprint density at radius 3 is 3.17 bits per heavy atom. The zero-order chi connectivity index (χ0) is 12.5. The maximum absolute atomic E-state index is 6.13. The van der Waals surface area contributed by atoms with Crippen LogP contribution in [0.4, 0.5) is 0 Å². The molecule has 1 aliphatic rings. The Labute approximate surface area is 110 Å². The summed E-state index contributed by atoms with van der Waals surface area (Å²) in [5.74, 6) is 0.956. The minimum Gasteiger partial charge on any atom is -0.493 e. The molecule has 0 atom stereocenters. The molecule has 0 amide bonds. The van der Waals surface area contributed by atoms with Gasteiger partial charge in [0.05, 0.1) is 18.8 Å². The van der Waals surface area contributed by atoms with E-state index in [-0.39, 0.29) is 0 Å². The Bertz CT molecular complexity index is 580. The van der Waals surface area contributed by atoms with Crippen molar-refractivity contribution < 1.29 is 4.74 Å². The van der Waals surface area contributed by atoms with Gasteiger partial charge in [0.15, 0.2) is 0 Å². The van der Waals surface area contributed by atoms with E-state index in [2.05, 4.69) is 5.10 Å². The second kappa shape index (κ2) is 4.63. The van der Waals surface area contributed by atoms with E-state index in [9.17, 15) is 0 Å². The Morgan fingerprint density at radius 1 is 1.44 bits per heavy atom. The van der Waals surface area contributed by atoms with Crippen LogP contribution in [0.1, 0.15) is 16.8 Å². The van der Waals surface area contributed by atoms with Crippen LogP contribution in [0.2, 0.25) is 5.02 Å². The number of aromatic nitrogens is 2. The van der Waals surface area contributed by atoms with Gasteiger partial charge in [0.25, 0.3) is 0 Å². The van der Waals surface area contributed by atoms with Crippen LogP contribution in [0.3, 0.4) is 0 Å². The van der Waals surface area contributed by atoms with Gasteiger partial charge in [-0.2, -0.15) is 5.10 Å². The molecule has 0 saturated carbocycles. The first kappa shape index (κ1) is 11.6. The van der Waals surface area contributed by atoms with Gasteiger partial charge in [-0.05, 0) is 23.8 Å². The van der Waals surface area contributed by atoms with E-state index >= 15 is 0 Å². The maximum atomic E-state index is 6.13. The third kappa shape index (κ3) is 1.98. The van der Waals surface area contributed by atoms with Gasteiger partial charge >= 0.3 is 0 Å². The van der Waals surface area contributed by atoms with E-state index in [0.29, 0.717) is 13.1 Å². The third-order valence-electron chi connectivity index (χ3n) is 3.16. The minimum atomic E-state index is 0.476. The zero-order valence-electron chi connectivity index (χ0n) is 9.90. The highest BCUT2D eigenvalue weighted by molar-refractivity contribution is 6.30. The van der Waals surface area contributed by atoms with E-state index in [1.807, 2.05) is 22.9 Å². The van der Waals surface area contributed by atoms with Gasteiger partial charge in [-0.1, -0.05) is 11.6 Å². The van der Waals surface area contributed by atoms with Crippen molar-refractivity contribution in [2.45, 2.75) is 19.5 Å². The molecule has 1 aromatic heterocycles. The van der Waals surface area contributed by atoms with E-state index in [1.54, 1.807) is 6.20 Å². The van der Waals surface area contributed by atoms with Crippen LogP contribution in [0.5, 0.6) is 5.75 Å². The molecular formula is C13H14ClN3O. The molecule has 0 unspecified atom stereocenters. The molecule has 0 aliphatic carbocycles. The van der Waals surface area contributed by atoms with Crippen molar-refractivity contribution >= 4 is 11.6 Å². The molecule has 2 N–H and O–H groups in total. The Balaban J connectivity index is 1.98. The molecule has 0 radical (unpaired) electrons. The second-order valence-corrected chi connectivity index (χ2v) is 4.77. The third-order valence-corrected chi connectivity index (χ3v) is 3.38. The number of rotatable bonds is 3. The number of halogens is 1. The topological polar surface area (TPSA) is 53.1 Å². The normalized spacial score (nSPS) is 13.4. The average Bonchev–Trinajstić information content (AvgIpc) is 2.96. The minimum absolute atomic E-state index is 0.476. The molecular weight excluding hydrogens is 250 g/mol. The number of fused-ring (bicyclic) bond motifs is 1. The predicted octanol–water partition coefficient (Wildman–Crippen LogP) is 1.98. The molecule has 94 valence electrons. The molecule has 3 rings (SSSR count). The summed E-state index contributed by atoms with van der Waals surface area (Å²) in [6.07, 6.45) is 2.68. The lowest BCUT2D eigenvalue weighted by Crippen LogP contribution is -2.10.